The van der Waals surface area contributed by atoms with Gasteiger partial charge in [0.1, 0.15) is 18.2 Å². The standard InChI is InChI=1S/C20H17FN6O2/c1-12-22-9-7-18(23-12)27-17-10-14(4-5-15(17)16(11-21)25-27)6-8-20(3,28)19-24-13(2)29-26-19/h4-5,7,9-10,28H,11H2,1-3H3. The first-order chi connectivity index (χ1) is 13.9. The zero-order chi connectivity index (χ0) is 20.6. The van der Waals surface area contributed by atoms with Gasteiger partial charge in [-0.1, -0.05) is 17.0 Å². The minimum absolute atomic E-state index is 0.0878. The fourth-order valence-corrected chi connectivity index (χ4v) is 2.84. The average molecular weight is 392 g/mol. The third-order valence-electron chi connectivity index (χ3n) is 4.28. The van der Waals surface area contributed by atoms with Gasteiger partial charge in [-0.3, -0.25) is 0 Å². The fraction of sp³-hybridized carbons (Fsp3) is 0.250. The second kappa shape index (κ2) is 7.07. The molecule has 0 aliphatic carbocycles. The molecule has 3 aromatic heterocycles. The van der Waals surface area contributed by atoms with Crippen molar-refractivity contribution in [1.29, 1.82) is 0 Å². The number of aromatic nitrogens is 6. The number of alkyl halides is 1. The zero-order valence-corrected chi connectivity index (χ0v) is 16.0. The van der Waals surface area contributed by atoms with E-state index < -0.39 is 12.3 Å². The van der Waals surface area contributed by atoms with Crippen molar-refractivity contribution < 1.29 is 14.0 Å². The molecule has 9 heteroatoms. The van der Waals surface area contributed by atoms with Crippen LogP contribution in [0, 0.1) is 25.7 Å². The highest BCUT2D eigenvalue weighted by atomic mass is 19.1. The zero-order valence-electron chi connectivity index (χ0n) is 16.0. The van der Waals surface area contributed by atoms with E-state index in [0.717, 1.165) is 0 Å². The lowest BCUT2D eigenvalue weighted by molar-refractivity contribution is 0.108. The number of benzene rings is 1. The van der Waals surface area contributed by atoms with Gasteiger partial charge in [0.15, 0.2) is 11.4 Å². The van der Waals surface area contributed by atoms with Gasteiger partial charge in [0.25, 0.3) is 0 Å². The summed E-state index contributed by atoms with van der Waals surface area (Å²) < 4.78 is 19.9. The van der Waals surface area contributed by atoms with Crippen molar-refractivity contribution >= 4 is 10.9 Å². The van der Waals surface area contributed by atoms with Crippen LogP contribution in [0.15, 0.2) is 35.0 Å². The monoisotopic (exact) mass is 392 g/mol. The molecular formula is C20H17FN6O2. The van der Waals surface area contributed by atoms with E-state index in [-0.39, 0.29) is 5.82 Å². The van der Waals surface area contributed by atoms with Gasteiger partial charge in [0.2, 0.25) is 11.7 Å². The van der Waals surface area contributed by atoms with Crippen molar-refractivity contribution in [2.24, 2.45) is 0 Å². The van der Waals surface area contributed by atoms with Crippen LogP contribution in [0.4, 0.5) is 4.39 Å². The SMILES string of the molecule is Cc1nccc(-n2nc(CF)c3ccc(C#CC(C)(O)c4noc(C)n4)cc32)n1. The molecule has 1 N–H and O–H groups in total. The minimum atomic E-state index is -1.58. The summed E-state index contributed by atoms with van der Waals surface area (Å²) in [6.07, 6.45) is 1.62. The Morgan fingerprint density at radius 3 is 2.76 bits per heavy atom. The van der Waals surface area contributed by atoms with Crippen molar-refractivity contribution in [2.75, 3.05) is 0 Å². The van der Waals surface area contributed by atoms with Crippen LogP contribution in [0.25, 0.3) is 16.7 Å². The number of halogens is 1. The second-order valence-corrected chi connectivity index (χ2v) is 6.65. The van der Waals surface area contributed by atoms with Gasteiger partial charge in [0.05, 0.1) is 5.52 Å². The Labute approximate surface area is 165 Å². The van der Waals surface area contributed by atoms with Crippen LogP contribution in [-0.4, -0.2) is 35.0 Å². The molecule has 1 aromatic carbocycles. The summed E-state index contributed by atoms with van der Waals surface area (Å²) in [4.78, 5) is 12.5. The first-order valence-electron chi connectivity index (χ1n) is 8.81. The molecule has 0 spiro atoms. The van der Waals surface area contributed by atoms with Crippen LogP contribution in [0.2, 0.25) is 0 Å². The fourth-order valence-electron chi connectivity index (χ4n) is 2.84. The average Bonchev–Trinajstić information content (AvgIpc) is 3.30. The van der Waals surface area contributed by atoms with Gasteiger partial charge in [-0.15, -0.1) is 0 Å². The van der Waals surface area contributed by atoms with Crippen molar-refractivity contribution in [3.63, 3.8) is 0 Å². The van der Waals surface area contributed by atoms with Crippen LogP contribution in [-0.2, 0) is 12.3 Å². The number of aliphatic hydroxyl groups is 1. The normalized spacial score (nSPS) is 13.1. The number of fused-ring (bicyclic) bond motifs is 1. The van der Waals surface area contributed by atoms with Crippen LogP contribution in [0.5, 0.6) is 0 Å². The van der Waals surface area contributed by atoms with E-state index in [1.54, 1.807) is 49.0 Å². The first-order valence-corrected chi connectivity index (χ1v) is 8.81. The Bertz CT molecular complexity index is 1260. The summed E-state index contributed by atoms with van der Waals surface area (Å²) in [7, 11) is 0. The summed E-state index contributed by atoms with van der Waals surface area (Å²) in [5, 5.41) is 19.3. The Morgan fingerprint density at radius 1 is 1.24 bits per heavy atom. The lowest BCUT2D eigenvalue weighted by Gasteiger charge is -2.10. The molecule has 3 heterocycles. The van der Waals surface area contributed by atoms with Crippen LogP contribution in [0.3, 0.4) is 0 Å². The lowest BCUT2D eigenvalue weighted by atomic mass is 10.1. The Kier molecular flexibility index (Phi) is 4.56. The predicted octanol–water partition coefficient (Wildman–Crippen LogP) is 2.54. The summed E-state index contributed by atoms with van der Waals surface area (Å²) >= 11 is 0. The van der Waals surface area contributed by atoms with E-state index in [1.165, 1.54) is 6.92 Å². The summed E-state index contributed by atoms with van der Waals surface area (Å²) in [6, 6.07) is 6.95. The third kappa shape index (κ3) is 3.58. The third-order valence-corrected chi connectivity index (χ3v) is 4.28. The lowest BCUT2D eigenvalue weighted by Crippen LogP contribution is -2.20. The minimum Gasteiger partial charge on any atom is -0.371 e. The topological polar surface area (TPSA) is 103 Å². The summed E-state index contributed by atoms with van der Waals surface area (Å²) in [5.74, 6) is 7.20. The molecule has 0 radical (unpaired) electrons. The van der Waals surface area contributed by atoms with Gasteiger partial charge in [-0.05, 0) is 32.0 Å². The van der Waals surface area contributed by atoms with E-state index in [1.807, 2.05) is 0 Å². The van der Waals surface area contributed by atoms with Gasteiger partial charge in [-0.2, -0.15) is 10.1 Å². The first kappa shape index (κ1) is 18.7. The highest BCUT2D eigenvalue weighted by Crippen LogP contribution is 2.24. The molecule has 0 aliphatic heterocycles. The van der Waals surface area contributed by atoms with Gasteiger partial charge >= 0.3 is 0 Å². The largest absolute Gasteiger partial charge is 0.371 e. The smallest absolute Gasteiger partial charge is 0.223 e. The molecule has 0 aliphatic rings. The van der Waals surface area contributed by atoms with Crippen molar-refractivity contribution in [1.82, 2.24) is 29.9 Å². The molecule has 0 bridgehead atoms. The Hall–Kier alpha value is -3.64. The molecule has 4 aromatic rings. The molecule has 0 amide bonds. The molecular weight excluding hydrogens is 375 g/mol. The summed E-state index contributed by atoms with van der Waals surface area (Å²) in [6.45, 7) is 4.18. The van der Waals surface area contributed by atoms with E-state index in [4.69, 9.17) is 4.52 Å². The molecule has 0 fully saturated rings. The molecule has 8 nitrogen and oxygen atoms in total. The quantitative estimate of drug-likeness (QED) is 0.535. The molecule has 4 rings (SSSR count). The van der Waals surface area contributed by atoms with Crippen molar-refractivity contribution in [2.45, 2.75) is 33.0 Å². The summed E-state index contributed by atoms with van der Waals surface area (Å²) in [5.41, 5.74) is -0.0149. The predicted molar refractivity (Wildman–Crippen MR) is 102 cm³/mol. The molecule has 29 heavy (non-hydrogen) atoms. The maximum atomic E-state index is 13.5. The molecule has 1 atom stereocenters. The van der Waals surface area contributed by atoms with E-state index in [2.05, 4.69) is 37.0 Å². The number of hydrogen-bond acceptors (Lipinski definition) is 7. The second-order valence-electron chi connectivity index (χ2n) is 6.65. The highest BCUT2D eigenvalue weighted by molar-refractivity contribution is 5.84. The number of aryl methyl sites for hydroxylation is 2. The van der Waals surface area contributed by atoms with Crippen LogP contribution >= 0.6 is 0 Å². The van der Waals surface area contributed by atoms with E-state index in [0.29, 0.717) is 39.7 Å². The molecule has 146 valence electrons. The van der Waals surface area contributed by atoms with Gasteiger partial charge in [-0.25, -0.2) is 19.0 Å². The van der Waals surface area contributed by atoms with Crippen LogP contribution in [0.1, 0.15) is 35.7 Å². The maximum Gasteiger partial charge on any atom is 0.223 e. The highest BCUT2D eigenvalue weighted by Gasteiger charge is 2.26. The van der Waals surface area contributed by atoms with Crippen LogP contribution < -0.4 is 0 Å². The molecule has 0 saturated heterocycles. The van der Waals surface area contributed by atoms with Crippen molar-refractivity contribution in [3.8, 4) is 17.7 Å². The van der Waals surface area contributed by atoms with E-state index >= 15 is 0 Å². The Balaban J connectivity index is 1.79. The van der Waals surface area contributed by atoms with Gasteiger partial charge in [0, 0.05) is 30.1 Å². The number of rotatable bonds is 3. The number of hydrogen-bond donors (Lipinski definition) is 1. The Morgan fingerprint density at radius 2 is 2.07 bits per heavy atom. The number of nitrogens with zero attached hydrogens (tertiary/aromatic N) is 6. The van der Waals surface area contributed by atoms with Gasteiger partial charge < -0.3 is 9.63 Å². The molecule has 1 unspecified atom stereocenters. The van der Waals surface area contributed by atoms with Crippen molar-refractivity contribution in [3.05, 3.63) is 59.3 Å². The molecule has 0 saturated carbocycles. The maximum absolute atomic E-state index is 13.5. The van der Waals surface area contributed by atoms with E-state index in [9.17, 15) is 9.50 Å².